The van der Waals surface area contributed by atoms with Crippen LogP contribution in [0.5, 0.6) is 5.75 Å². The Morgan fingerprint density at radius 2 is 1.73 bits per heavy atom. The largest absolute Gasteiger partial charge is 0.496 e. The summed E-state index contributed by atoms with van der Waals surface area (Å²) in [5.41, 5.74) is 2.19. The van der Waals surface area contributed by atoms with Gasteiger partial charge < -0.3 is 19.3 Å². The molecule has 6 heteroatoms. The monoisotopic (exact) mass is 356 g/mol. The van der Waals surface area contributed by atoms with Crippen LogP contribution in [-0.2, 0) is 16.1 Å². The van der Waals surface area contributed by atoms with E-state index in [1.54, 1.807) is 32.4 Å². The van der Waals surface area contributed by atoms with E-state index in [0.717, 1.165) is 11.3 Å². The molecule has 0 aliphatic rings. The summed E-state index contributed by atoms with van der Waals surface area (Å²) in [6, 6.07) is 14.5. The van der Waals surface area contributed by atoms with Crippen molar-refractivity contribution in [1.29, 1.82) is 0 Å². The molecule has 0 heterocycles. The molecule has 1 amide bonds. The summed E-state index contributed by atoms with van der Waals surface area (Å²) in [6.45, 7) is 0.0627. The minimum absolute atomic E-state index is 0.284. The van der Waals surface area contributed by atoms with Crippen molar-refractivity contribution < 1.29 is 19.1 Å². The standard InChI is InChI=1S/C20H24N2O4/c1-21(2)17-10-7-9-15(12-17)20(24)26-14-19(23)22(3)13-16-8-5-6-11-18(16)25-4/h5-12H,13-14H2,1-4H3. The van der Waals surface area contributed by atoms with Crippen LogP contribution in [0.2, 0.25) is 0 Å². The highest BCUT2D eigenvalue weighted by molar-refractivity contribution is 5.92. The third kappa shape index (κ3) is 4.99. The molecule has 0 saturated heterocycles. The van der Waals surface area contributed by atoms with Crippen LogP contribution in [0.25, 0.3) is 0 Å². The molecule has 0 aliphatic heterocycles. The second-order valence-electron chi connectivity index (χ2n) is 6.08. The Hall–Kier alpha value is -3.02. The minimum atomic E-state index is -0.521. The van der Waals surface area contributed by atoms with Crippen molar-refractivity contribution in [2.24, 2.45) is 0 Å². The van der Waals surface area contributed by atoms with Crippen LogP contribution in [0.4, 0.5) is 5.69 Å². The highest BCUT2D eigenvalue weighted by atomic mass is 16.5. The van der Waals surface area contributed by atoms with Gasteiger partial charge in [0.2, 0.25) is 0 Å². The zero-order chi connectivity index (χ0) is 19.1. The maximum absolute atomic E-state index is 12.3. The number of anilines is 1. The Labute approximate surface area is 153 Å². The number of para-hydroxylation sites is 1. The van der Waals surface area contributed by atoms with Crippen LogP contribution in [-0.4, -0.2) is 51.6 Å². The normalized spacial score (nSPS) is 10.2. The molecule has 2 aromatic carbocycles. The molecular weight excluding hydrogens is 332 g/mol. The first-order valence-electron chi connectivity index (χ1n) is 8.22. The predicted molar refractivity (Wildman–Crippen MR) is 101 cm³/mol. The highest BCUT2D eigenvalue weighted by Gasteiger charge is 2.15. The van der Waals surface area contributed by atoms with Crippen LogP contribution < -0.4 is 9.64 Å². The number of amides is 1. The van der Waals surface area contributed by atoms with Crippen LogP contribution in [0.15, 0.2) is 48.5 Å². The van der Waals surface area contributed by atoms with Crippen molar-refractivity contribution in [2.45, 2.75) is 6.54 Å². The Morgan fingerprint density at radius 3 is 2.42 bits per heavy atom. The Morgan fingerprint density at radius 1 is 1.00 bits per heavy atom. The van der Waals surface area contributed by atoms with E-state index in [2.05, 4.69) is 0 Å². The van der Waals surface area contributed by atoms with Gasteiger partial charge >= 0.3 is 5.97 Å². The van der Waals surface area contributed by atoms with E-state index in [-0.39, 0.29) is 12.5 Å². The van der Waals surface area contributed by atoms with Crippen molar-refractivity contribution >= 4 is 17.6 Å². The molecule has 138 valence electrons. The number of carbonyl (C=O) groups is 2. The first-order chi connectivity index (χ1) is 12.4. The van der Waals surface area contributed by atoms with Gasteiger partial charge in [-0.1, -0.05) is 24.3 Å². The molecular formula is C20H24N2O4. The average molecular weight is 356 g/mol. The number of carbonyl (C=O) groups excluding carboxylic acids is 2. The van der Waals surface area contributed by atoms with Gasteiger partial charge in [0.05, 0.1) is 12.7 Å². The van der Waals surface area contributed by atoms with Crippen LogP contribution in [0.1, 0.15) is 15.9 Å². The van der Waals surface area contributed by atoms with Gasteiger partial charge in [-0.3, -0.25) is 4.79 Å². The zero-order valence-corrected chi connectivity index (χ0v) is 15.6. The molecule has 0 N–H and O–H groups in total. The predicted octanol–water partition coefficient (Wildman–Crippen LogP) is 2.58. The van der Waals surface area contributed by atoms with E-state index >= 15 is 0 Å². The molecule has 0 radical (unpaired) electrons. The number of hydrogen-bond donors (Lipinski definition) is 0. The van der Waals surface area contributed by atoms with Gasteiger partial charge in [-0.15, -0.1) is 0 Å². The summed E-state index contributed by atoms with van der Waals surface area (Å²) in [6.07, 6.45) is 0. The number of esters is 1. The molecule has 0 aliphatic carbocycles. The minimum Gasteiger partial charge on any atom is -0.496 e. The molecule has 0 saturated carbocycles. The highest BCUT2D eigenvalue weighted by Crippen LogP contribution is 2.19. The third-order valence-electron chi connectivity index (χ3n) is 3.95. The van der Waals surface area contributed by atoms with Gasteiger partial charge in [0.1, 0.15) is 5.75 Å². The van der Waals surface area contributed by atoms with Crippen molar-refractivity contribution in [3.8, 4) is 5.75 Å². The number of nitrogens with zero attached hydrogens (tertiary/aromatic N) is 2. The second-order valence-corrected chi connectivity index (χ2v) is 6.08. The smallest absolute Gasteiger partial charge is 0.338 e. The number of rotatable bonds is 7. The number of likely N-dealkylation sites (N-methyl/N-ethyl adjacent to an activating group) is 1. The molecule has 2 rings (SSSR count). The summed E-state index contributed by atoms with van der Waals surface area (Å²) in [5.74, 6) is -0.0922. The van der Waals surface area contributed by atoms with E-state index in [4.69, 9.17) is 9.47 Å². The molecule has 0 unspecified atom stereocenters. The molecule has 0 fully saturated rings. The SMILES string of the molecule is COc1ccccc1CN(C)C(=O)COC(=O)c1cccc(N(C)C)c1. The van der Waals surface area contributed by atoms with Crippen molar-refractivity contribution in [1.82, 2.24) is 4.90 Å². The fourth-order valence-corrected chi connectivity index (χ4v) is 2.41. The average Bonchev–Trinajstić information content (AvgIpc) is 2.66. The summed E-state index contributed by atoms with van der Waals surface area (Å²) in [5, 5.41) is 0. The van der Waals surface area contributed by atoms with Gasteiger partial charge in [-0.05, 0) is 24.3 Å². The lowest BCUT2D eigenvalue weighted by atomic mass is 10.2. The van der Waals surface area contributed by atoms with Crippen molar-refractivity contribution in [3.05, 3.63) is 59.7 Å². The van der Waals surface area contributed by atoms with Crippen molar-refractivity contribution in [2.75, 3.05) is 39.8 Å². The van der Waals surface area contributed by atoms with Crippen LogP contribution >= 0.6 is 0 Å². The Balaban J connectivity index is 1.93. The fourth-order valence-electron chi connectivity index (χ4n) is 2.41. The quantitative estimate of drug-likeness (QED) is 0.714. The first-order valence-corrected chi connectivity index (χ1v) is 8.22. The molecule has 0 atom stereocenters. The van der Waals surface area contributed by atoms with Crippen molar-refractivity contribution in [3.63, 3.8) is 0 Å². The summed E-state index contributed by atoms with van der Waals surface area (Å²) >= 11 is 0. The van der Waals surface area contributed by atoms with Gasteiger partial charge in [-0.2, -0.15) is 0 Å². The lowest BCUT2D eigenvalue weighted by molar-refractivity contribution is -0.133. The van der Waals surface area contributed by atoms with Crippen LogP contribution in [0.3, 0.4) is 0 Å². The number of methoxy groups -OCH3 is 1. The number of hydrogen-bond acceptors (Lipinski definition) is 5. The lowest BCUT2D eigenvalue weighted by Crippen LogP contribution is -2.31. The molecule has 0 bridgehead atoms. The van der Waals surface area contributed by atoms with Gasteiger partial charge in [-0.25, -0.2) is 4.79 Å². The van der Waals surface area contributed by atoms with E-state index in [1.807, 2.05) is 49.3 Å². The van der Waals surface area contributed by atoms with Crippen LogP contribution in [0, 0.1) is 0 Å². The topological polar surface area (TPSA) is 59.1 Å². The molecule has 26 heavy (non-hydrogen) atoms. The van der Waals surface area contributed by atoms with Gasteiger partial charge in [0.25, 0.3) is 5.91 Å². The maximum Gasteiger partial charge on any atom is 0.338 e. The molecule has 0 spiro atoms. The molecule has 2 aromatic rings. The summed E-state index contributed by atoms with van der Waals surface area (Å²) in [4.78, 5) is 27.8. The van der Waals surface area contributed by atoms with E-state index < -0.39 is 5.97 Å². The van der Waals surface area contributed by atoms with Gasteiger partial charge in [0.15, 0.2) is 6.61 Å². The fraction of sp³-hybridized carbons (Fsp3) is 0.300. The second kappa shape index (κ2) is 8.89. The molecule has 6 nitrogen and oxygen atoms in total. The van der Waals surface area contributed by atoms with E-state index in [0.29, 0.717) is 17.9 Å². The summed E-state index contributed by atoms with van der Waals surface area (Å²) in [7, 11) is 7.03. The third-order valence-corrected chi connectivity index (χ3v) is 3.95. The Bertz CT molecular complexity index is 774. The van der Waals surface area contributed by atoms with E-state index in [1.165, 1.54) is 4.90 Å². The summed E-state index contributed by atoms with van der Waals surface area (Å²) < 4.78 is 10.4. The van der Waals surface area contributed by atoms with Gasteiger partial charge in [0, 0.05) is 38.9 Å². The number of benzene rings is 2. The Kier molecular flexibility index (Phi) is 6.60. The zero-order valence-electron chi connectivity index (χ0n) is 15.6. The first kappa shape index (κ1) is 19.3. The maximum atomic E-state index is 12.3. The lowest BCUT2D eigenvalue weighted by Gasteiger charge is -2.19. The van der Waals surface area contributed by atoms with E-state index in [9.17, 15) is 9.59 Å². The molecule has 0 aromatic heterocycles. The number of ether oxygens (including phenoxy) is 2.